The Hall–Kier alpha value is -1.24. The summed E-state index contributed by atoms with van der Waals surface area (Å²) in [5, 5.41) is 6.08. The standard InChI is InChI=1S/C15H19N3O2S.ClH/c1-16-11-3-2-6-18(8-11)15(20)10-4-5-13-12(7-10)17-14(19)9-21-13;/h4-5,7,11,16H,2-3,6,8-9H2,1H3,(H,17,19);1H. The van der Waals surface area contributed by atoms with Crippen molar-refractivity contribution in [1.82, 2.24) is 10.2 Å². The average molecular weight is 342 g/mol. The maximum Gasteiger partial charge on any atom is 0.253 e. The molecule has 0 aliphatic carbocycles. The predicted molar refractivity (Wildman–Crippen MR) is 91.0 cm³/mol. The van der Waals surface area contributed by atoms with E-state index < -0.39 is 0 Å². The predicted octanol–water partition coefficient (Wildman–Crippen LogP) is 1.98. The molecule has 0 spiro atoms. The minimum absolute atomic E-state index is 0. The summed E-state index contributed by atoms with van der Waals surface area (Å²) in [6, 6.07) is 5.95. The quantitative estimate of drug-likeness (QED) is 0.863. The molecule has 0 radical (unpaired) electrons. The third kappa shape index (κ3) is 3.56. The lowest BCUT2D eigenvalue weighted by Gasteiger charge is -2.32. The van der Waals surface area contributed by atoms with E-state index in [9.17, 15) is 9.59 Å². The number of benzene rings is 1. The maximum atomic E-state index is 12.6. The summed E-state index contributed by atoms with van der Waals surface area (Å²) in [4.78, 5) is 27.0. The van der Waals surface area contributed by atoms with Gasteiger partial charge in [0.15, 0.2) is 0 Å². The first-order valence-electron chi connectivity index (χ1n) is 7.20. The highest BCUT2D eigenvalue weighted by Gasteiger charge is 2.24. The zero-order valence-corrected chi connectivity index (χ0v) is 14.1. The highest BCUT2D eigenvalue weighted by molar-refractivity contribution is 8.00. The second-order valence-corrected chi connectivity index (χ2v) is 6.44. The Balaban J connectivity index is 0.00000176. The van der Waals surface area contributed by atoms with Crippen LogP contribution in [0.5, 0.6) is 0 Å². The molecule has 1 unspecified atom stereocenters. The van der Waals surface area contributed by atoms with Crippen molar-refractivity contribution in [2.45, 2.75) is 23.8 Å². The third-order valence-electron chi connectivity index (χ3n) is 3.98. The summed E-state index contributed by atoms with van der Waals surface area (Å²) in [7, 11) is 1.93. The Kier molecular flexibility index (Phi) is 5.72. The molecule has 1 fully saturated rings. The van der Waals surface area contributed by atoms with Crippen molar-refractivity contribution < 1.29 is 9.59 Å². The number of likely N-dealkylation sites (tertiary alicyclic amines) is 1. The molecule has 7 heteroatoms. The molecule has 2 aliphatic rings. The van der Waals surface area contributed by atoms with Gasteiger partial charge in [-0.05, 0) is 38.1 Å². The first-order valence-corrected chi connectivity index (χ1v) is 8.19. The van der Waals surface area contributed by atoms with Gasteiger partial charge in [0.25, 0.3) is 5.91 Å². The van der Waals surface area contributed by atoms with E-state index in [0.29, 0.717) is 17.4 Å². The van der Waals surface area contributed by atoms with Gasteiger partial charge < -0.3 is 15.5 Å². The Labute approximate surface area is 140 Å². The SMILES string of the molecule is CNC1CCCN(C(=O)c2ccc3c(c2)NC(=O)CS3)C1.Cl. The summed E-state index contributed by atoms with van der Waals surface area (Å²) in [5.74, 6) is 0.476. The van der Waals surface area contributed by atoms with Crippen LogP contribution >= 0.6 is 24.2 Å². The number of likely N-dealkylation sites (N-methyl/N-ethyl adjacent to an activating group) is 1. The van der Waals surface area contributed by atoms with Gasteiger partial charge in [-0.15, -0.1) is 24.2 Å². The van der Waals surface area contributed by atoms with E-state index in [-0.39, 0.29) is 24.2 Å². The highest BCUT2D eigenvalue weighted by atomic mass is 35.5. The van der Waals surface area contributed by atoms with Crippen LogP contribution in [0.1, 0.15) is 23.2 Å². The molecule has 2 aliphatic heterocycles. The Morgan fingerprint density at radius 3 is 3.05 bits per heavy atom. The van der Waals surface area contributed by atoms with E-state index in [1.54, 1.807) is 6.07 Å². The number of amides is 2. The normalized spacial score (nSPS) is 20.7. The van der Waals surface area contributed by atoms with Crippen molar-refractivity contribution in [2.24, 2.45) is 0 Å². The molecule has 2 heterocycles. The summed E-state index contributed by atoms with van der Waals surface area (Å²) in [6.07, 6.45) is 2.13. The number of hydrogen-bond acceptors (Lipinski definition) is 4. The van der Waals surface area contributed by atoms with Crippen LogP contribution in [0.15, 0.2) is 23.1 Å². The lowest BCUT2D eigenvalue weighted by molar-refractivity contribution is -0.113. The molecule has 3 rings (SSSR count). The monoisotopic (exact) mass is 341 g/mol. The number of fused-ring (bicyclic) bond motifs is 1. The molecular formula is C15H20ClN3O2S. The number of rotatable bonds is 2. The van der Waals surface area contributed by atoms with E-state index in [4.69, 9.17) is 0 Å². The molecule has 0 aromatic heterocycles. The van der Waals surface area contributed by atoms with Crippen LogP contribution in [0.2, 0.25) is 0 Å². The lowest BCUT2D eigenvalue weighted by atomic mass is 10.0. The van der Waals surface area contributed by atoms with Crippen LogP contribution in [0.3, 0.4) is 0 Å². The lowest BCUT2D eigenvalue weighted by Crippen LogP contribution is -2.47. The minimum atomic E-state index is -0.00896. The molecule has 2 amide bonds. The van der Waals surface area contributed by atoms with E-state index in [2.05, 4.69) is 10.6 Å². The van der Waals surface area contributed by atoms with Crippen LogP contribution in [0.4, 0.5) is 5.69 Å². The van der Waals surface area contributed by atoms with E-state index in [1.165, 1.54) is 11.8 Å². The van der Waals surface area contributed by atoms with Gasteiger partial charge in [0.2, 0.25) is 5.91 Å². The number of anilines is 1. The summed E-state index contributed by atoms with van der Waals surface area (Å²) in [6.45, 7) is 1.54. The molecule has 5 nitrogen and oxygen atoms in total. The fraction of sp³-hybridized carbons (Fsp3) is 0.467. The number of carbonyl (C=O) groups is 2. The number of nitrogens with zero attached hydrogens (tertiary/aromatic N) is 1. The molecule has 1 atom stereocenters. The second-order valence-electron chi connectivity index (χ2n) is 5.43. The number of hydrogen-bond donors (Lipinski definition) is 2. The average Bonchev–Trinajstić information content (AvgIpc) is 2.53. The van der Waals surface area contributed by atoms with Gasteiger partial charge in [-0.3, -0.25) is 9.59 Å². The maximum absolute atomic E-state index is 12.6. The van der Waals surface area contributed by atoms with Crippen molar-refractivity contribution >= 4 is 41.7 Å². The van der Waals surface area contributed by atoms with Crippen LogP contribution in [0, 0.1) is 0 Å². The first kappa shape index (κ1) is 17.1. The van der Waals surface area contributed by atoms with Gasteiger partial charge in [0.05, 0.1) is 11.4 Å². The number of piperidine rings is 1. The number of halogens is 1. The van der Waals surface area contributed by atoms with Crippen LogP contribution < -0.4 is 10.6 Å². The van der Waals surface area contributed by atoms with Crippen LogP contribution in [0.25, 0.3) is 0 Å². The van der Waals surface area contributed by atoms with E-state index in [0.717, 1.165) is 36.5 Å². The van der Waals surface area contributed by atoms with Crippen molar-refractivity contribution in [3.63, 3.8) is 0 Å². The Morgan fingerprint density at radius 1 is 1.45 bits per heavy atom. The van der Waals surface area contributed by atoms with Gasteiger partial charge >= 0.3 is 0 Å². The molecule has 2 N–H and O–H groups in total. The topological polar surface area (TPSA) is 61.4 Å². The zero-order valence-electron chi connectivity index (χ0n) is 12.4. The van der Waals surface area contributed by atoms with Crippen molar-refractivity contribution in [3.05, 3.63) is 23.8 Å². The van der Waals surface area contributed by atoms with Gasteiger partial charge in [-0.1, -0.05) is 0 Å². The highest BCUT2D eigenvalue weighted by Crippen LogP contribution is 2.32. The van der Waals surface area contributed by atoms with Crippen molar-refractivity contribution in [3.8, 4) is 0 Å². The molecule has 1 aromatic carbocycles. The third-order valence-corrected chi connectivity index (χ3v) is 5.05. The van der Waals surface area contributed by atoms with Gasteiger partial charge in [0.1, 0.15) is 0 Å². The Bertz CT molecular complexity index is 582. The smallest absolute Gasteiger partial charge is 0.253 e. The van der Waals surface area contributed by atoms with Crippen LogP contribution in [-0.4, -0.2) is 48.6 Å². The van der Waals surface area contributed by atoms with E-state index in [1.807, 2.05) is 24.1 Å². The van der Waals surface area contributed by atoms with Crippen molar-refractivity contribution in [2.75, 3.05) is 31.2 Å². The fourth-order valence-corrected chi connectivity index (χ4v) is 3.58. The molecule has 0 bridgehead atoms. The molecule has 22 heavy (non-hydrogen) atoms. The van der Waals surface area contributed by atoms with Gasteiger partial charge in [0, 0.05) is 29.6 Å². The van der Waals surface area contributed by atoms with Crippen molar-refractivity contribution in [1.29, 1.82) is 0 Å². The Morgan fingerprint density at radius 2 is 2.27 bits per heavy atom. The zero-order chi connectivity index (χ0) is 14.8. The number of thioether (sulfide) groups is 1. The molecular weight excluding hydrogens is 322 g/mol. The second kappa shape index (κ2) is 7.35. The largest absolute Gasteiger partial charge is 0.337 e. The molecule has 1 saturated heterocycles. The summed E-state index contributed by atoms with van der Waals surface area (Å²) in [5.41, 5.74) is 1.40. The fourth-order valence-electron chi connectivity index (χ4n) is 2.80. The number of carbonyl (C=O) groups excluding carboxylic acids is 2. The number of nitrogens with one attached hydrogen (secondary N) is 2. The molecule has 120 valence electrons. The summed E-state index contributed by atoms with van der Waals surface area (Å²) >= 11 is 1.51. The minimum Gasteiger partial charge on any atom is -0.337 e. The molecule has 1 aromatic rings. The van der Waals surface area contributed by atoms with Crippen LogP contribution in [-0.2, 0) is 4.79 Å². The molecule has 0 saturated carbocycles. The first-order chi connectivity index (χ1) is 10.2. The van der Waals surface area contributed by atoms with Gasteiger partial charge in [-0.2, -0.15) is 0 Å². The van der Waals surface area contributed by atoms with E-state index >= 15 is 0 Å². The summed E-state index contributed by atoms with van der Waals surface area (Å²) < 4.78 is 0. The van der Waals surface area contributed by atoms with Gasteiger partial charge in [-0.25, -0.2) is 0 Å².